The highest BCUT2D eigenvalue weighted by molar-refractivity contribution is 6.32. The number of rotatable bonds is 7. The molecule has 3 heterocycles. The zero-order valence-corrected chi connectivity index (χ0v) is 22.7. The Hall–Kier alpha value is -2.09. The molecule has 2 saturated heterocycles. The van der Waals surface area contributed by atoms with Gasteiger partial charge in [-0.3, -0.25) is 4.99 Å². The molecule has 0 atom stereocenters. The highest BCUT2D eigenvalue weighted by Gasteiger charge is 2.27. The number of nitrogens with one attached hydrogen (secondary N) is 3. The zero-order chi connectivity index (χ0) is 25.2. The average molecular weight is 503 g/mol. The van der Waals surface area contributed by atoms with Crippen molar-refractivity contribution in [2.45, 2.75) is 71.8 Å². The van der Waals surface area contributed by atoms with Crippen molar-refractivity contribution in [1.82, 2.24) is 20.4 Å². The van der Waals surface area contributed by atoms with E-state index in [-0.39, 0.29) is 0 Å². The second kappa shape index (κ2) is 13.9. The number of aliphatic imine (C=N–C) groups is 1. The fraction of sp³-hybridized carbons (Fsp3) is 0.630. The number of nitrogens with zero attached hydrogens (tertiary/aromatic N) is 3. The predicted octanol–water partition coefficient (Wildman–Crippen LogP) is 5.84. The van der Waals surface area contributed by atoms with Crippen LogP contribution in [-0.2, 0) is 4.74 Å². The third-order valence-corrected chi connectivity index (χ3v) is 7.01. The van der Waals surface area contributed by atoms with E-state index < -0.39 is 0 Å². The molecule has 0 radical (unpaired) electrons. The Kier molecular flexibility index (Phi) is 10.9. The molecule has 1 aromatic heterocycles. The maximum absolute atomic E-state index is 6.52. The number of piperidine rings is 1. The minimum atomic E-state index is 0.437. The van der Waals surface area contributed by atoms with Gasteiger partial charge in [-0.15, -0.1) is 0 Å². The van der Waals surface area contributed by atoms with Crippen LogP contribution in [0.15, 0.2) is 46.3 Å². The summed E-state index contributed by atoms with van der Waals surface area (Å²) in [4.78, 5) is 4.40. The van der Waals surface area contributed by atoms with Gasteiger partial charge in [-0.05, 0) is 89.4 Å². The molecule has 4 rings (SSSR count). The SMILES string of the molecule is C1CCOC1.C=C(CC)/C(=C\C(NC(=NC)Nc1cnn(C2CC2)c1Cl)=C(C)C)C1CCNCC1. The van der Waals surface area contributed by atoms with E-state index in [1.807, 2.05) is 4.68 Å². The summed E-state index contributed by atoms with van der Waals surface area (Å²) in [5.74, 6) is 1.18. The first-order valence-corrected chi connectivity index (χ1v) is 13.4. The van der Waals surface area contributed by atoms with Gasteiger partial charge in [0.25, 0.3) is 0 Å². The van der Waals surface area contributed by atoms with Crippen molar-refractivity contribution in [2.75, 3.05) is 38.7 Å². The van der Waals surface area contributed by atoms with Crippen LogP contribution in [0.3, 0.4) is 0 Å². The Morgan fingerprint density at radius 2 is 1.94 bits per heavy atom. The topological polar surface area (TPSA) is 75.5 Å². The highest BCUT2D eigenvalue weighted by Crippen LogP contribution is 2.38. The van der Waals surface area contributed by atoms with Gasteiger partial charge in [-0.25, -0.2) is 4.68 Å². The molecule has 7 nitrogen and oxygen atoms in total. The fourth-order valence-corrected chi connectivity index (χ4v) is 4.50. The van der Waals surface area contributed by atoms with E-state index in [0.29, 0.717) is 23.1 Å². The van der Waals surface area contributed by atoms with E-state index in [1.54, 1.807) is 13.2 Å². The average Bonchev–Trinajstić information content (AvgIpc) is 3.37. The molecule has 35 heavy (non-hydrogen) atoms. The molecule has 0 unspecified atom stereocenters. The molecule has 1 aromatic rings. The largest absolute Gasteiger partial charge is 0.381 e. The lowest BCUT2D eigenvalue weighted by molar-refractivity contribution is 0.198. The van der Waals surface area contributed by atoms with Crippen LogP contribution >= 0.6 is 11.6 Å². The predicted molar refractivity (Wildman–Crippen MR) is 147 cm³/mol. The van der Waals surface area contributed by atoms with Crippen LogP contribution in [-0.4, -0.2) is 49.1 Å². The van der Waals surface area contributed by atoms with E-state index in [1.165, 1.54) is 29.6 Å². The van der Waals surface area contributed by atoms with Gasteiger partial charge in [0.1, 0.15) is 0 Å². The number of hydrogen-bond donors (Lipinski definition) is 3. The standard InChI is InChI=1S/C23H35ClN6.C4H8O/c1-6-16(4)19(17-9-11-26-12-10-17)13-20(15(2)3)28-23(25-5)29-21-14-27-30(22(21)24)18-7-8-18;1-2-4-5-3-1/h13-14,17-18,26H,4,6-12H2,1-3,5H3,(H2,25,28,29);1-4H2/b19-13+;. The number of hydrogen-bond acceptors (Lipinski definition) is 4. The van der Waals surface area contributed by atoms with Gasteiger partial charge < -0.3 is 20.7 Å². The molecule has 0 amide bonds. The number of guanidine groups is 1. The van der Waals surface area contributed by atoms with Crippen LogP contribution in [0.2, 0.25) is 5.15 Å². The van der Waals surface area contributed by atoms with E-state index >= 15 is 0 Å². The van der Waals surface area contributed by atoms with Gasteiger partial charge in [0.05, 0.1) is 17.9 Å². The van der Waals surface area contributed by atoms with Crippen LogP contribution in [0.4, 0.5) is 5.69 Å². The molecule has 2 aliphatic heterocycles. The third-order valence-electron chi connectivity index (χ3n) is 6.64. The van der Waals surface area contributed by atoms with Crippen LogP contribution in [0.1, 0.15) is 71.8 Å². The lowest BCUT2D eigenvalue weighted by atomic mass is 9.84. The van der Waals surface area contributed by atoms with Crippen molar-refractivity contribution >= 4 is 23.2 Å². The second-order valence-electron chi connectivity index (χ2n) is 9.66. The van der Waals surface area contributed by atoms with E-state index in [9.17, 15) is 0 Å². The molecule has 194 valence electrons. The van der Waals surface area contributed by atoms with Crippen LogP contribution in [0.5, 0.6) is 0 Å². The monoisotopic (exact) mass is 502 g/mol. The van der Waals surface area contributed by atoms with Crippen molar-refractivity contribution in [1.29, 1.82) is 0 Å². The Bertz CT molecular complexity index is 922. The number of ether oxygens (including phenoxy) is 1. The Morgan fingerprint density at radius 3 is 2.46 bits per heavy atom. The lowest BCUT2D eigenvalue weighted by Gasteiger charge is -2.27. The maximum atomic E-state index is 6.52. The lowest BCUT2D eigenvalue weighted by Crippen LogP contribution is -2.31. The normalized spacial score (nSPS) is 19.1. The third kappa shape index (κ3) is 8.23. The van der Waals surface area contributed by atoms with Crippen molar-refractivity contribution < 1.29 is 4.74 Å². The Balaban J connectivity index is 0.000000607. The molecule has 8 heteroatoms. The van der Waals surface area contributed by atoms with Gasteiger partial charge >= 0.3 is 0 Å². The minimum Gasteiger partial charge on any atom is -0.381 e. The summed E-state index contributed by atoms with van der Waals surface area (Å²) in [5.41, 5.74) is 5.55. The number of halogens is 1. The zero-order valence-electron chi connectivity index (χ0n) is 21.9. The van der Waals surface area contributed by atoms with Gasteiger partial charge in [0.2, 0.25) is 0 Å². The molecule has 3 N–H and O–H groups in total. The minimum absolute atomic E-state index is 0.437. The molecular formula is C27H43ClN6O. The highest BCUT2D eigenvalue weighted by atomic mass is 35.5. The quantitative estimate of drug-likeness (QED) is 0.248. The van der Waals surface area contributed by atoms with E-state index in [4.69, 9.17) is 16.3 Å². The number of allylic oxidation sites excluding steroid dienone is 4. The summed E-state index contributed by atoms with van der Waals surface area (Å²) in [5, 5.41) is 15.3. The van der Waals surface area contributed by atoms with Crippen molar-refractivity contribution in [3.63, 3.8) is 0 Å². The summed E-state index contributed by atoms with van der Waals surface area (Å²) in [6.07, 6.45) is 12.1. The summed E-state index contributed by atoms with van der Waals surface area (Å²) >= 11 is 6.52. The molecule has 0 bridgehead atoms. The van der Waals surface area contributed by atoms with Gasteiger partial charge in [0, 0.05) is 26.0 Å². The molecule has 1 aliphatic carbocycles. The molecule has 0 spiro atoms. The fourth-order valence-electron chi connectivity index (χ4n) is 4.22. The van der Waals surface area contributed by atoms with Crippen molar-refractivity contribution in [3.05, 3.63) is 46.4 Å². The van der Waals surface area contributed by atoms with Gasteiger partial charge in [-0.2, -0.15) is 5.10 Å². The summed E-state index contributed by atoms with van der Waals surface area (Å²) in [6, 6.07) is 0.437. The molecule has 1 saturated carbocycles. The molecular weight excluding hydrogens is 460 g/mol. The van der Waals surface area contributed by atoms with Crippen molar-refractivity contribution in [3.8, 4) is 0 Å². The van der Waals surface area contributed by atoms with Crippen LogP contribution in [0, 0.1) is 5.92 Å². The Labute approximate surface area is 216 Å². The van der Waals surface area contributed by atoms with Gasteiger partial charge in [-0.1, -0.05) is 36.2 Å². The molecule has 3 fully saturated rings. The van der Waals surface area contributed by atoms with E-state index in [0.717, 1.165) is 69.8 Å². The first-order chi connectivity index (χ1) is 16.9. The van der Waals surface area contributed by atoms with E-state index in [2.05, 4.69) is 59.5 Å². The number of anilines is 1. The Morgan fingerprint density at radius 1 is 1.26 bits per heavy atom. The second-order valence-corrected chi connectivity index (χ2v) is 10.0. The first-order valence-electron chi connectivity index (χ1n) is 13.0. The van der Waals surface area contributed by atoms with Gasteiger partial charge in [0.15, 0.2) is 11.1 Å². The van der Waals surface area contributed by atoms with Crippen LogP contribution in [0.25, 0.3) is 0 Å². The summed E-state index contributed by atoms with van der Waals surface area (Å²) in [6.45, 7) is 14.9. The first kappa shape index (κ1) is 27.5. The van der Waals surface area contributed by atoms with Crippen LogP contribution < -0.4 is 16.0 Å². The smallest absolute Gasteiger partial charge is 0.200 e. The van der Waals surface area contributed by atoms with Crippen molar-refractivity contribution in [2.24, 2.45) is 10.9 Å². The summed E-state index contributed by atoms with van der Waals surface area (Å²) in [7, 11) is 1.76. The maximum Gasteiger partial charge on any atom is 0.200 e. The molecule has 3 aliphatic rings. The molecule has 0 aromatic carbocycles. The number of aromatic nitrogens is 2. The summed E-state index contributed by atoms with van der Waals surface area (Å²) < 4.78 is 6.83.